The first-order chi connectivity index (χ1) is 27.1. The van der Waals surface area contributed by atoms with E-state index in [0.717, 1.165) is 9.13 Å². The molecule has 1 atom stereocenters. The Balaban J connectivity index is 1.69. The molecular formula is C37H49I3N6O11. The van der Waals surface area contributed by atoms with Crippen LogP contribution >= 0.6 is 67.8 Å². The Hall–Kier alpha value is -2.75. The lowest BCUT2D eigenvalue weighted by Crippen LogP contribution is -2.55. The van der Waals surface area contributed by atoms with Gasteiger partial charge in [0.1, 0.15) is 6.04 Å². The summed E-state index contributed by atoms with van der Waals surface area (Å²) in [6.07, 6.45) is 1.93. The molecule has 6 N–H and O–H groups in total. The largest absolute Gasteiger partial charge is 0.480 e. The van der Waals surface area contributed by atoms with Crippen molar-refractivity contribution >= 4 is 109 Å². The van der Waals surface area contributed by atoms with Crippen molar-refractivity contribution in [1.29, 1.82) is 0 Å². The van der Waals surface area contributed by atoms with Gasteiger partial charge in [0.05, 0.1) is 47.7 Å². The molecule has 0 bridgehead atoms. The average Bonchev–Trinajstić information content (AvgIpc) is 3.13. The summed E-state index contributed by atoms with van der Waals surface area (Å²) in [5, 5.41) is 44.2. The third-order valence-electron chi connectivity index (χ3n) is 9.11. The number of nitrogens with one attached hydrogen (secondary N) is 2. The van der Waals surface area contributed by atoms with Gasteiger partial charge >= 0.3 is 23.9 Å². The topological polar surface area (TPSA) is 230 Å². The SMILES string of the molecule is O=C(O)CN1CCN(CC(=O)O)CCN(C(COCc2ccccc2)C(=O)NCCCCCC(=O)Nc2c(I)cc(I)c(C(=O)O)c2I)CCN(CC(=O)O)CC1. The first-order valence-electron chi connectivity index (χ1n) is 18.3. The number of carbonyl (C=O) groups excluding carboxylic acids is 2. The van der Waals surface area contributed by atoms with Crippen molar-refractivity contribution < 1.29 is 53.9 Å². The molecule has 0 radical (unpaired) electrons. The minimum atomic E-state index is -1.07. The molecule has 2 aromatic rings. The summed E-state index contributed by atoms with van der Waals surface area (Å²) in [4.78, 5) is 80.5. The summed E-state index contributed by atoms with van der Waals surface area (Å²) in [6.45, 7) is 1.71. The van der Waals surface area contributed by atoms with Crippen LogP contribution in [0.4, 0.5) is 5.69 Å². The number of carboxylic acids is 4. The highest BCUT2D eigenvalue weighted by molar-refractivity contribution is 14.1. The first-order valence-corrected chi connectivity index (χ1v) is 21.5. The van der Waals surface area contributed by atoms with Crippen molar-refractivity contribution in [3.05, 3.63) is 58.2 Å². The number of carbonyl (C=O) groups is 6. The van der Waals surface area contributed by atoms with E-state index in [0.29, 0.717) is 38.6 Å². The fraction of sp³-hybridized carbons (Fsp3) is 0.514. The molecule has 2 aromatic carbocycles. The summed E-state index contributed by atoms with van der Waals surface area (Å²) in [7, 11) is 0. The fourth-order valence-electron chi connectivity index (χ4n) is 6.14. The summed E-state index contributed by atoms with van der Waals surface area (Å²) >= 11 is 5.96. The van der Waals surface area contributed by atoms with E-state index in [-0.39, 0.29) is 109 Å². The number of rotatable bonds is 20. The smallest absolute Gasteiger partial charge is 0.337 e. The standard InChI is InChI=1S/C37H49I3N6O11/c38-26-19-27(39)35(34(40)33(26)37(55)56)42-29(47)9-5-2-6-10-41-36(54)28(24-57-23-25-7-3-1-4-8-25)46-17-15-44(21-31(50)51)13-11-43(20-30(48)49)12-14-45(16-18-46)22-32(52)53/h1,3-4,7-8,19,28H,2,5-6,9-18,20-24H2,(H,41,54)(H,42,47)(H,48,49)(H,50,51)(H,52,53)(H,55,56). The Morgan fingerprint density at radius 2 is 1.23 bits per heavy atom. The lowest BCUT2D eigenvalue weighted by Gasteiger charge is -2.36. The van der Waals surface area contributed by atoms with Gasteiger partial charge in [-0.3, -0.25) is 43.6 Å². The highest BCUT2D eigenvalue weighted by Gasteiger charge is 2.29. The van der Waals surface area contributed by atoms with E-state index in [4.69, 9.17) is 4.74 Å². The predicted molar refractivity (Wildman–Crippen MR) is 235 cm³/mol. The Kier molecular flexibility index (Phi) is 21.9. The van der Waals surface area contributed by atoms with Gasteiger partial charge in [-0.25, -0.2) is 4.79 Å². The number of ether oxygens (including phenoxy) is 1. The number of amides is 2. The first kappa shape index (κ1) is 48.6. The number of nitrogens with zero attached hydrogens (tertiary/aromatic N) is 4. The van der Waals surface area contributed by atoms with E-state index in [1.165, 1.54) is 0 Å². The van der Waals surface area contributed by atoms with Gasteiger partial charge in [-0.05, 0) is 92.2 Å². The van der Waals surface area contributed by atoms with Crippen LogP contribution in [0.1, 0.15) is 41.6 Å². The van der Waals surface area contributed by atoms with Gasteiger partial charge < -0.3 is 35.8 Å². The van der Waals surface area contributed by atoms with Gasteiger partial charge in [-0.2, -0.15) is 0 Å². The van der Waals surface area contributed by atoms with Gasteiger partial charge in [0.2, 0.25) is 11.8 Å². The van der Waals surface area contributed by atoms with E-state index < -0.39 is 29.9 Å². The Morgan fingerprint density at radius 3 is 1.74 bits per heavy atom. The molecule has 0 saturated carbocycles. The Morgan fingerprint density at radius 1 is 0.702 bits per heavy atom. The molecule has 17 nitrogen and oxygen atoms in total. The lowest BCUT2D eigenvalue weighted by molar-refractivity contribution is -0.141. The van der Waals surface area contributed by atoms with Crippen molar-refractivity contribution in [3.63, 3.8) is 0 Å². The van der Waals surface area contributed by atoms with Crippen molar-refractivity contribution in [2.75, 3.05) is 90.5 Å². The van der Waals surface area contributed by atoms with Crippen LogP contribution in [0.2, 0.25) is 0 Å². The third-order valence-corrected chi connectivity index (χ3v) is 11.9. The zero-order chi connectivity index (χ0) is 41.9. The number of hydrogen-bond donors (Lipinski definition) is 6. The van der Waals surface area contributed by atoms with Crippen molar-refractivity contribution in [2.24, 2.45) is 0 Å². The summed E-state index contributed by atoms with van der Waals surface area (Å²) in [6, 6.07) is 10.4. The number of halogens is 3. The summed E-state index contributed by atoms with van der Waals surface area (Å²) in [5.74, 6) is -4.77. The minimum Gasteiger partial charge on any atom is -0.480 e. The molecule has 1 saturated heterocycles. The number of anilines is 1. The zero-order valence-electron chi connectivity index (χ0n) is 31.3. The van der Waals surface area contributed by atoms with Crippen LogP contribution in [-0.4, -0.2) is 167 Å². The highest BCUT2D eigenvalue weighted by Crippen LogP contribution is 2.32. The molecule has 1 unspecified atom stereocenters. The number of aromatic carboxylic acids is 1. The molecule has 0 aliphatic carbocycles. The zero-order valence-corrected chi connectivity index (χ0v) is 37.8. The number of aliphatic carboxylic acids is 3. The highest BCUT2D eigenvalue weighted by atomic mass is 127. The molecule has 0 aromatic heterocycles. The van der Waals surface area contributed by atoms with Crippen molar-refractivity contribution in [3.8, 4) is 0 Å². The maximum atomic E-state index is 13.9. The molecule has 3 rings (SSSR count). The van der Waals surface area contributed by atoms with Gasteiger partial charge in [-0.15, -0.1) is 0 Å². The quantitative estimate of drug-likeness (QED) is 0.0828. The molecule has 20 heteroatoms. The van der Waals surface area contributed by atoms with Crippen LogP contribution in [0.3, 0.4) is 0 Å². The number of benzene rings is 2. The maximum Gasteiger partial charge on any atom is 0.337 e. The predicted octanol–water partition coefficient (Wildman–Crippen LogP) is 2.87. The molecule has 314 valence electrons. The normalized spacial score (nSPS) is 15.8. The minimum absolute atomic E-state index is 0.00484. The second-order valence-electron chi connectivity index (χ2n) is 13.4. The monoisotopic (exact) mass is 1130 g/mol. The Bertz CT molecular complexity index is 1660. The molecular weight excluding hydrogens is 1090 g/mol. The van der Waals surface area contributed by atoms with Crippen LogP contribution in [0, 0.1) is 10.7 Å². The van der Waals surface area contributed by atoms with Crippen LogP contribution in [-0.2, 0) is 35.3 Å². The summed E-state index contributed by atoms with van der Waals surface area (Å²) in [5.41, 5.74) is 1.51. The van der Waals surface area contributed by atoms with Gasteiger partial charge in [0.25, 0.3) is 0 Å². The van der Waals surface area contributed by atoms with E-state index in [1.54, 1.807) is 20.8 Å². The van der Waals surface area contributed by atoms with Crippen molar-refractivity contribution in [2.45, 2.75) is 38.3 Å². The molecule has 57 heavy (non-hydrogen) atoms. The number of unbranched alkanes of at least 4 members (excludes halogenated alkanes) is 2. The molecule has 1 heterocycles. The van der Waals surface area contributed by atoms with Gasteiger partial charge in [0.15, 0.2) is 0 Å². The Labute approximate surface area is 372 Å². The molecule has 2 amide bonds. The molecule has 0 spiro atoms. The van der Waals surface area contributed by atoms with Crippen LogP contribution in [0.15, 0.2) is 36.4 Å². The third kappa shape index (κ3) is 18.0. The maximum absolute atomic E-state index is 13.9. The van der Waals surface area contributed by atoms with Crippen LogP contribution < -0.4 is 10.6 Å². The second kappa shape index (κ2) is 25.7. The van der Waals surface area contributed by atoms with Gasteiger partial charge in [-0.1, -0.05) is 36.8 Å². The summed E-state index contributed by atoms with van der Waals surface area (Å²) < 4.78 is 7.83. The second-order valence-corrected chi connectivity index (χ2v) is 16.8. The molecule has 1 aliphatic heterocycles. The van der Waals surface area contributed by atoms with Gasteiger partial charge in [0, 0.05) is 72.5 Å². The van der Waals surface area contributed by atoms with E-state index in [9.17, 15) is 49.2 Å². The fourth-order valence-corrected chi connectivity index (χ4v) is 10.2. The molecule has 1 fully saturated rings. The van der Waals surface area contributed by atoms with Crippen LogP contribution in [0.5, 0.6) is 0 Å². The number of hydrogen-bond acceptors (Lipinski definition) is 11. The van der Waals surface area contributed by atoms with Crippen molar-refractivity contribution in [1.82, 2.24) is 24.9 Å². The average molecular weight is 1130 g/mol. The molecule has 1 aliphatic rings. The lowest BCUT2D eigenvalue weighted by atomic mass is 10.1. The number of carboxylic acid groups (broad SMARTS) is 4. The van der Waals surface area contributed by atoms with Crippen LogP contribution in [0.25, 0.3) is 0 Å². The van der Waals surface area contributed by atoms with E-state index in [2.05, 4.69) is 33.2 Å². The van der Waals surface area contributed by atoms with E-state index >= 15 is 0 Å². The van der Waals surface area contributed by atoms with E-state index in [1.807, 2.05) is 80.4 Å².